The smallest absolute Gasteiger partial charge is 0.347 e. The van der Waals surface area contributed by atoms with Crippen LogP contribution >= 0.6 is 12.6 Å². The zero-order chi connectivity index (χ0) is 23.8. The molecule has 0 radical (unpaired) electrons. The third-order valence-corrected chi connectivity index (χ3v) is 5.71. The number of carboxylic acid groups (broad SMARTS) is 1. The number of aromatic carboxylic acids is 1. The number of benzene rings is 3. The molecule has 0 bridgehead atoms. The van der Waals surface area contributed by atoms with Crippen molar-refractivity contribution in [3.05, 3.63) is 107 Å². The lowest BCUT2D eigenvalue weighted by molar-refractivity contribution is -0.165. The molecule has 170 valence electrons. The SMILES string of the molecule is COC(=O)C(Cc1ccccc1)OC(=O)Cc1ccc(C(S)c2ccccc2C(=O)O)cc1. The van der Waals surface area contributed by atoms with Crippen molar-refractivity contribution in [2.45, 2.75) is 24.2 Å². The molecule has 33 heavy (non-hydrogen) atoms. The molecule has 0 spiro atoms. The maximum absolute atomic E-state index is 12.5. The van der Waals surface area contributed by atoms with Gasteiger partial charge in [0.15, 0.2) is 0 Å². The second kappa shape index (κ2) is 11.3. The Morgan fingerprint density at radius 3 is 2.15 bits per heavy atom. The van der Waals surface area contributed by atoms with E-state index < -0.39 is 29.3 Å². The molecule has 0 aliphatic heterocycles. The first kappa shape index (κ1) is 24.1. The summed E-state index contributed by atoms with van der Waals surface area (Å²) in [5, 5.41) is 8.97. The largest absolute Gasteiger partial charge is 0.478 e. The van der Waals surface area contributed by atoms with Crippen molar-refractivity contribution in [2.75, 3.05) is 7.11 Å². The van der Waals surface area contributed by atoms with Crippen molar-refractivity contribution >= 4 is 30.5 Å². The summed E-state index contributed by atoms with van der Waals surface area (Å²) in [6, 6.07) is 23.0. The standard InChI is InChI=1S/C26H24O6S/c1-31-26(30)22(15-17-7-3-2-4-8-17)32-23(27)16-18-11-13-19(14-12-18)24(33)20-9-5-6-10-21(20)25(28)29/h2-14,22,24,33H,15-16H2,1H3,(H,28,29). The van der Waals surface area contributed by atoms with Gasteiger partial charge in [0.1, 0.15) is 0 Å². The van der Waals surface area contributed by atoms with Gasteiger partial charge in [0.05, 0.1) is 24.3 Å². The first-order valence-corrected chi connectivity index (χ1v) is 10.8. The highest BCUT2D eigenvalue weighted by Crippen LogP contribution is 2.31. The fraction of sp³-hybridized carbons (Fsp3) is 0.192. The summed E-state index contributed by atoms with van der Waals surface area (Å²) in [5.74, 6) is -2.18. The van der Waals surface area contributed by atoms with Gasteiger partial charge in [-0.05, 0) is 28.3 Å². The number of methoxy groups -OCH3 is 1. The molecule has 0 amide bonds. The Hall–Kier alpha value is -3.58. The van der Waals surface area contributed by atoms with Crippen molar-refractivity contribution in [3.63, 3.8) is 0 Å². The third kappa shape index (κ3) is 6.46. The van der Waals surface area contributed by atoms with Crippen molar-refractivity contribution in [2.24, 2.45) is 0 Å². The fourth-order valence-corrected chi connectivity index (χ4v) is 3.82. The minimum Gasteiger partial charge on any atom is -0.478 e. The highest BCUT2D eigenvalue weighted by molar-refractivity contribution is 7.80. The van der Waals surface area contributed by atoms with E-state index in [1.165, 1.54) is 7.11 Å². The molecule has 0 heterocycles. The minimum atomic E-state index is -1.03. The van der Waals surface area contributed by atoms with Gasteiger partial charge in [0.25, 0.3) is 0 Å². The first-order valence-electron chi connectivity index (χ1n) is 10.3. The summed E-state index contributed by atoms with van der Waals surface area (Å²) in [6.45, 7) is 0. The predicted octanol–water partition coefficient (Wildman–Crippen LogP) is 4.27. The number of carbonyl (C=O) groups is 3. The zero-order valence-electron chi connectivity index (χ0n) is 18.0. The summed E-state index contributed by atoms with van der Waals surface area (Å²) in [6.07, 6.45) is -0.827. The van der Waals surface area contributed by atoms with Crippen LogP contribution in [0.15, 0.2) is 78.9 Å². The Morgan fingerprint density at radius 1 is 0.879 bits per heavy atom. The number of rotatable bonds is 9. The molecule has 2 unspecified atom stereocenters. The predicted molar refractivity (Wildman–Crippen MR) is 126 cm³/mol. The molecule has 0 aliphatic carbocycles. The second-order valence-corrected chi connectivity index (χ2v) is 7.92. The topological polar surface area (TPSA) is 89.9 Å². The monoisotopic (exact) mass is 464 g/mol. The van der Waals surface area contributed by atoms with Crippen molar-refractivity contribution in [3.8, 4) is 0 Å². The summed E-state index contributed by atoms with van der Waals surface area (Å²) in [7, 11) is 1.25. The van der Waals surface area contributed by atoms with Crippen LogP contribution in [0.1, 0.15) is 37.9 Å². The van der Waals surface area contributed by atoms with Gasteiger partial charge in [-0.1, -0.05) is 72.8 Å². The van der Waals surface area contributed by atoms with Crippen molar-refractivity contribution in [1.29, 1.82) is 0 Å². The quantitative estimate of drug-likeness (QED) is 0.363. The van der Waals surface area contributed by atoms with Crippen LogP contribution in [-0.2, 0) is 31.9 Å². The third-order valence-electron chi connectivity index (χ3n) is 5.13. The Kier molecular flexibility index (Phi) is 8.27. The lowest BCUT2D eigenvalue weighted by atomic mass is 9.98. The van der Waals surface area contributed by atoms with Gasteiger partial charge in [-0.15, -0.1) is 0 Å². The lowest BCUT2D eigenvalue weighted by Gasteiger charge is -2.16. The van der Waals surface area contributed by atoms with Crippen molar-refractivity contribution in [1.82, 2.24) is 0 Å². The summed E-state index contributed by atoms with van der Waals surface area (Å²) >= 11 is 4.60. The van der Waals surface area contributed by atoms with Gasteiger partial charge in [0.2, 0.25) is 6.10 Å². The van der Waals surface area contributed by atoms with Crippen LogP contribution in [-0.4, -0.2) is 36.2 Å². The Bertz CT molecular complexity index is 1110. The van der Waals surface area contributed by atoms with Crippen LogP contribution in [0.5, 0.6) is 0 Å². The highest BCUT2D eigenvalue weighted by Gasteiger charge is 2.24. The molecule has 1 N–H and O–H groups in total. The van der Waals surface area contributed by atoms with E-state index in [1.807, 2.05) is 30.3 Å². The Balaban J connectivity index is 1.67. The number of carboxylic acids is 1. The van der Waals surface area contributed by atoms with E-state index in [0.29, 0.717) is 11.1 Å². The van der Waals surface area contributed by atoms with Crippen LogP contribution in [0, 0.1) is 0 Å². The zero-order valence-corrected chi connectivity index (χ0v) is 18.9. The van der Waals surface area contributed by atoms with E-state index in [9.17, 15) is 19.5 Å². The maximum Gasteiger partial charge on any atom is 0.347 e. The molecule has 6 nitrogen and oxygen atoms in total. The van der Waals surface area contributed by atoms with Gasteiger partial charge in [-0.25, -0.2) is 9.59 Å². The number of hydrogen-bond donors (Lipinski definition) is 2. The van der Waals surface area contributed by atoms with Gasteiger partial charge >= 0.3 is 17.9 Å². The molecule has 0 saturated carbocycles. The first-order chi connectivity index (χ1) is 15.9. The van der Waals surface area contributed by atoms with E-state index in [0.717, 1.165) is 11.1 Å². The molecule has 0 aliphatic rings. The van der Waals surface area contributed by atoms with E-state index >= 15 is 0 Å². The van der Waals surface area contributed by atoms with Gasteiger partial charge in [-0.3, -0.25) is 4.79 Å². The number of thiol groups is 1. The molecule has 3 aromatic rings. The van der Waals surface area contributed by atoms with Gasteiger partial charge < -0.3 is 14.6 Å². The second-order valence-electron chi connectivity index (χ2n) is 7.40. The molecule has 0 saturated heterocycles. The summed E-state index contributed by atoms with van der Waals surface area (Å²) < 4.78 is 10.2. The Morgan fingerprint density at radius 2 is 1.52 bits per heavy atom. The molecule has 0 aromatic heterocycles. The fourth-order valence-electron chi connectivity index (χ4n) is 3.43. The van der Waals surface area contributed by atoms with Crippen LogP contribution in [0.25, 0.3) is 0 Å². The summed E-state index contributed by atoms with van der Waals surface area (Å²) in [4.78, 5) is 36.1. The molecule has 3 rings (SSSR count). The molecule has 0 fully saturated rings. The summed E-state index contributed by atoms with van der Waals surface area (Å²) in [5.41, 5.74) is 3.12. The molecule has 3 aromatic carbocycles. The average molecular weight is 465 g/mol. The van der Waals surface area contributed by atoms with Gasteiger partial charge in [0, 0.05) is 6.42 Å². The molecule has 2 atom stereocenters. The number of carbonyl (C=O) groups excluding carboxylic acids is 2. The van der Waals surface area contributed by atoms with E-state index in [1.54, 1.807) is 48.5 Å². The van der Waals surface area contributed by atoms with Crippen LogP contribution in [0.2, 0.25) is 0 Å². The van der Waals surface area contributed by atoms with E-state index in [2.05, 4.69) is 12.6 Å². The van der Waals surface area contributed by atoms with Crippen LogP contribution < -0.4 is 0 Å². The molecular weight excluding hydrogens is 440 g/mol. The average Bonchev–Trinajstić information content (AvgIpc) is 2.83. The number of ether oxygens (including phenoxy) is 2. The highest BCUT2D eigenvalue weighted by atomic mass is 32.1. The van der Waals surface area contributed by atoms with E-state index in [-0.39, 0.29) is 18.4 Å². The van der Waals surface area contributed by atoms with Crippen molar-refractivity contribution < 1.29 is 29.0 Å². The molecular formula is C26H24O6S. The Labute approximate surface area is 197 Å². The normalized spacial score (nSPS) is 12.4. The minimum absolute atomic E-state index is 0.0223. The van der Waals surface area contributed by atoms with E-state index in [4.69, 9.17) is 9.47 Å². The number of hydrogen-bond acceptors (Lipinski definition) is 6. The van der Waals surface area contributed by atoms with Gasteiger partial charge in [-0.2, -0.15) is 12.6 Å². The number of esters is 2. The maximum atomic E-state index is 12.5. The van der Waals surface area contributed by atoms with Crippen LogP contribution in [0.4, 0.5) is 0 Å². The molecule has 7 heteroatoms. The lowest BCUT2D eigenvalue weighted by Crippen LogP contribution is -2.31. The van der Waals surface area contributed by atoms with Crippen LogP contribution in [0.3, 0.4) is 0 Å².